The van der Waals surface area contributed by atoms with Crippen LogP contribution < -0.4 is 4.72 Å². The largest absolute Gasteiger partial charge is 0.478 e. The SMILES string of the molecule is CC1(C)CC1NS(=O)(=O)c1cc(C(=O)O)ccc1Cl. The van der Waals surface area contributed by atoms with Gasteiger partial charge in [0, 0.05) is 6.04 Å². The van der Waals surface area contributed by atoms with Crippen LogP contribution in [0.25, 0.3) is 0 Å². The van der Waals surface area contributed by atoms with E-state index < -0.39 is 16.0 Å². The highest BCUT2D eigenvalue weighted by molar-refractivity contribution is 7.89. The summed E-state index contributed by atoms with van der Waals surface area (Å²) in [7, 11) is -3.80. The summed E-state index contributed by atoms with van der Waals surface area (Å²) in [6, 6.07) is 3.48. The maximum absolute atomic E-state index is 12.2. The molecular formula is C12H14ClNO4S. The Kier molecular flexibility index (Phi) is 3.36. The van der Waals surface area contributed by atoms with Crippen molar-refractivity contribution in [1.82, 2.24) is 4.72 Å². The smallest absolute Gasteiger partial charge is 0.335 e. The predicted molar refractivity (Wildman–Crippen MR) is 70.9 cm³/mol. The summed E-state index contributed by atoms with van der Waals surface area (Å²) >= 11 is 5.85. The minimum Gasteiger partial charge on any atom is -0.478 e. The normalized spacial score (nSPS) is 21.1. The van der Waals surface area contributed by atoms with E-state index in [1.807, 2.05) is 13.8 Å². The number of sulfonamides is 1. The topological polar surface area (TPSA) is 83.5 Å². The molecule has 104 valence electrons. The Morgan fingerprint density at radius 3 is 2.53 bits per heavy atom. The second kappa shape index (κ2) is 4.47. The first-order valence-electron chi connectivity index (χ1n) is 5.69. The number of aromatic carboxylic acids is 1. The molecule has 7 heteroatoms. The molecule has 1 saturated carbocycles. The van der Waals surface area contributed by atoms with Gasteiger partial charge < -0.3 is 5.11 Å². The van der Waals surface area contributed by atoms with E-state index in [1.165, 1.54) is 12.1 Å². The lowest BCUT2D eigenvalue weighted by atomic mass is 10.2. The Morgan fingerprint density at radius 2 is 2.05 bits per heavy atom. The molecule has 0 aliphatic heterocycles. The molecule has 0 heterocycles. The summed E-state index contributed by atoms with van der Waals surface area (Å²) in [6.45, 7) is 3.91. The Labute approximate surface area is 116 Å². The van der Waals surface area contributed by atoms with Gasteiger partial charge in [0.05, 0.1) is 10.6 Å². The molecule has 0 spiro atoms. The van der Waals surface area contributed by atoms with Gasteiger partial charge in [-0.1, -0.05) is 25.4 Å². The van der Waals surface area contributed by atoms with Crippen molar-refractivity contribution >= 4 is 27.6 Å². The van der Waals surface area contributed by atoms with E-state index in [1.54, 1.807) is 0 Å². The van der Waals surface area contributed by atoms with Gasteiger partial charge in [-0.25, -0.2) is 17.9 Å². The third-order valence-electron chi connectivity index (χ3n) is 3.28. The molecule has 0 radical (unpaired) electrons. The Balaban J connectivity index is 2.35. The molecule has 2 N–H and O–H groups in total. The van der Waals surface area contributed by atoms with E-state index >= 15 is 0 Å². The van der Waals surface area contributed by atoms with Crippen LogP contribution in [-0.2, 0) is 10.0 Å². The maximum atomic E-state index is 12.2. The van der Waals surface area contributed by atoms with E-state index in [0.717, 1.165) is 12.5 Å². The van der Waals surface area contributed by atoms with Crippen LogP contribution in [0.15, 0.2) is 23.1 Å². The number of nitrogens with one attached hydrogen (secondary N) is 1. The second-order valence-electron chi connectivity index (χ2n) is 5.32. The van der Waals surface area contributed by atoms with Gasteiger partial charge in [-0.3, -0.25) is 0 Å². The van der Waals surface area contributed by atoms with Gasteiger partial charge in [0.2, 0.25) is 10.0 Å². The van der Waals surface area contributed by atoms with E-state index in [-0.39, 0.29) is 26.9 Å². The number of rotatable bonds is 4. The number of benzene rings is 1. The van der Waals surface area contributed by atoms with Crippen molar-refractivity contribution in [3.05, 3.63) is 28.8 Å². The molecule has 1 aromatic rings. The van der Waals surface area contributed by atoms with Crippen molar-refractivity contribution in [2.45, 2.75) is 31.2 Å². The van der Waals surface area contributed by atoms with Crippen LogP contribution in [0.1, 0.15) is 30.6 Å². The van der Waals surface area contributed by atoms with E-state index in [2.05, 4.69) is 4.72 Å². The fraction of sp³-hybridized carbons (Fsp3) is 0.417. The summed E-state index contributed by atoms with van der Waals surface area (Å²) in [5, 5.41) is 8.90. The van der Waals surface area contributed by atoms with Gasteiger partial charge in [0.25, 0.3) is 0 Å². The summed E-state index contributed by atoms with van der Waals surface area (Å²) < 4.78 is 26.9. The molecule has 0 aromatic heterocycles. The van der Waals surface area contributed by atoms with Gasteiger partial charge >= 0.3 is 5.97 Å². The van der Waals surface area contributed by atoms with Gasteiger partial charge in [-0.05, 0) is 30.0 Å². The van der Waals surface area contributed by atoms with Crippen molar-refractivity contribution in [2.24, 2.45) is 5.41 Å². The molecule has 1 aromatic carbocycles. The van der Waals surface area contributed by atoms with Crippen molar-refractivity contribution in [2.75, 3.05) is 0 Å². The monoisotopic (exact) mass is 303 g/mol. The summed E-state index contributed by atoms with van der Waals surface area (Å²) in [5.74, 6) is -1.19. The maximum Gasteiger partial charge on any atom is 0.335 e. The van der Waals surface area contributed by atoms with Crippen LogP contribution in [0.2, 0.25) is 5.02 Å². The number of carboxylic acids is 1. The number of carboxylic acid groups (broad SMARTS) is 1. The Hall–Kier alpha value is -1.11. The third kappa shape index (κ3) is 2.91. The van der Waals surface area contributed by atoms with Crippen LogP contribution in [0.5, 0.6) is 0 Å². The first-order valence-corrected chi connectivity index (χ1v) is 7.55. The Bertz CT molecular complexity index is 639. The minimum absolute atomic E-state index is 0.0101. The molecule has 1 aliphatic rings. The number of hydrogen-bond acceptors (Lipinski definition) is 3. The first kappa shape index (κ1) is 14.3. The molecule has 1 aliphatic carbocycles. The number of carbonyl (C=O) groups is 1. The zero-order valence-electron chi connectivity index (χ0n) is 10.5. The standard InChI is InChI=1S/C12H14ClNO4S/c1-12(2)6-10(12)14-19(17,18)9-5-7(11(15)16)3-4-8(9)13/h3-5,10,14H,6H2,1-2H3,(H,15,16). The summed E-state index contributed by atoms with van der Waals surface area (Å²) in [6.07, 6.45) is 0.752. The highest BCUT2D eigenvalue weighted by atomic mass is 35.5. The molecule has 1 fully saturated rings. The van der Waals surface area contributed by atoms with Crippen molar-refractivity contribution in [3.8, 4) is 0 Å². The van der Waals surface area contributed by atoms with Gasteiger partial charge in [0.15, 0.2) is 0 Å². The second-order valence-corrected chi connectivity index (χ2v) is 7.41. The molecule has 1 unspecified atom stereocenters. The van der Waals surface area contributed by atoms with Crippen LogP contribution in [0.3, 0.4) is 0 Å². The van der Waals surface area contributed by atoms with E-state index in [4.69, 9.17) is 16.7 Å². The highest BCUT2D eigenvalue weighted by Crippen LogP contribution is 2.45. The molecule has 0 bridgehead atoms. The van der Waals surface area contributed by atoms with E-state index in [9.17, 15) is 13.2 Å². The van der Waals surface area contributed by atoms with Crippen LogP contribution >= 0.6 is 11.6 Å². The van der Waals surface area contributed by atoms with Gasteiger partial charge in [-0.15, -0.1) is 0 Å². The lowest BCUT2D eigenvalue weighted by Gasteiger charge is -2.10. The Morgan fingerprint density at radius 1 is 1.47 bits per heavy atom. The molecule has 1 atom stereocenters. The highest BCUT2D eigenvalue weighted by Gasteiger charge is 2.48. The molecule has 0 saturated heterocycles. The lowest BCUT2D eigenvalue weighted by molar-refractivity contribution is 0.0696. The minimum atomic E-state index is -3.80. The van der Waals surface area contributed by atoms with Crippen LogP contribution in [-0.4, -0.2) is 25.5 Å². The van der Waals surface area contributed by atoms with Crippen molar-refractivity contribution in [3.63, 3.8) is 0 Å². The van der Waals surface area contributed by atoms with Gasteiger partial charge in [-0.2, -0.15) is 0 Å². The molecule has 2 rings (SSSR count). The summed E-state index contributed by atoms with van der Waals surface area (Å²) in [4.78, 5) is 10.7. The zero-order valence-corrected chi connectivity index (χ0v) is 12.0. The quantitative estimate of drug-likeness (QED) is 0.892. The molecule has 19 heavy (non-hydrogen) atoms. The average molecular weight is 304 g/mol. The predicted octanol–water partition coefficient (Wildman–Crippen LogP) is 2.12. The first-order chi connectivity index (χ1) is 8.63. The third-order valence-corrected chi connectivity index (χ3v) is 5.23. The molecule has 5 nitrogen and oxygen atoms in total. The number of hydrogen-bond donors (Lipinski definition) is 2. The van der Waals surface area contributed by atoms with Crippen LogP contribution in [0.4, 0.5) is 0 Å². The lowest BCUT2D eigenvalue weighted by Crippen LogP contribution is -2.29. The number of halogens is 1. The van der Waals surface area contributed by atoms with Crippen LogP contribution in [0, 0.1) is 5.41 Å². The van der Waals surface area contributed by atoms with Crippen molar-refractivity contribution in [1.29, 1.82) is 0 Å². The average Bonchev–Trinajstić information content (AvgIpc) is 2.84. The fourth-order valence-electron chi connectivity index (χ4n) is 1.76. The van der Waals surface area contributed by atoms with Gasteiger partial charge in [0.1, 0.15) is 4.90 Å². The zero-order chi connectivity index (χ0) is 14.4. The molecular weight excluding hydrogens is 290 g/mol. The van der Waals surface area contributed by atoms with E-state index in [0.29, 0.717) is 0 Å². The fourth-order valence-corrected chi connectivity index (χ4v) is 3.69. The summed E-state index contributed by atoms with van der Waals surface area (Å²) in [5.41, 5.74) is -0.177. The van der Waals surface area contributed by atoms with Crippen molar-refractivity contribution < 1.29 is 18.3 Å². The molecule has 0 amide bonds.